The van der Waals surface area contributed by atoms with E-state index in [4.69, 9.17) is 5.11 Å². The van der Waals surface area contributed by atoms with Gasteiger partial charge in [-0.3, -0.25) is 4.79 Å². The quantitative estimate of drug-likeness (QED) is 0.184. The molecule has 28 heavy (non-hydrogen) atoms. The van der Waals surface area contributed by atoms with Crippen molar-refractivity contribution < 1.29 is 50.8 Å². The van der Waals surface area contributed by atoms with Crippen LogP contribution >= 0.6 is 0 Å². The molecule has 0 unspecified atom stereocenters. The number of aliphatic carboxylic acids is 1. The molecular formula is C22H42NNaO4. The summed E-state index contributed by atoms with van der Waals surface area (Å²) in [7, 11) is 0. The van der Waals surface area contributed by atoms with Crippen LogP contribution in [0.3, 0.4) is 0 Å². The minimum Gasteiger partial charge on any atom is -1.00 e. The zero-order valence-electron chi connectivity index (χ0n) is 19.4. The largest absolute Gasteiger partial charge is 1.00 e. The fourth-order valence-electron chi connectivity index (χ4n) is 2.99. The summed E-state index contributed by atoms with van der Waals surface area (Å²) in [4.78, 5) is 22.6. The zero-order valence-corrected chi connectivity index (χ0v) is 20.4. The first kappa shape index (κ1) is 29.8. The van der Waals surface area contributed by atoms with Gasteiger partial charge in [-0.2, -0.15) is 0 Å². The number of carbonyl (C=O) groups is 2. The van der Waals surface area contributed by atoms with Crippen LogP contribution in [0.2, 0.25) is 0 Å². The average molecular weight is 408 g/mol. The number of unbranched alkanes of at least 4 members (excludes halogenated alkanes) is 11. The monoisotopic (exact) mass is 407 g/mol. The number of hydrogen-bond acceptors (Lipinski definition) is 3. The molecule has 0 saturated heterocycles. The maximum absolute atomic E-state index is 11.7. The van der Waals surface area contributed by atoms with Gasteiger partial charge in [-0.05, 0) is 39.0 Å². The second-order valence-electron chi connectivity index (χ2n) is 7.46. The van der Waals surface area contributed by atoms with Crippen LogP contribution in [-0.4, -0.2) is 34.2 Å². The van der Waals surface area contributed by atoms with Crippen LogP contribution in [-0.2, 0) is 9.59 Å². The Balaban J connectivity index is -0.00000338. The summed E-state index contributed by atoms with van der Waals surface area (Å²) < 4.78 is 0. The van der Waals surface area contributed by atoms with Gasteiger partial charge in [0.25, 0.3) is 0 Å². The fraction of sp³-hybridized carbons (Fsp3) is 0.818. The van der Waals surface area contributed by atoms with E-state index in [1.807, 2.05) is 0 Å². The first-order chi connectivity index (χ1) is 13.0. The summed E-state index contributed by atoms with van der Waals surface area (Å²) in [6, 6.07) is -1.22. The maximum atomic E-state index is 11.7. The molecule has 0 fully saturated rings. The number of hydrogen-bond donors (Lipinski definition) is 3. The Labute approximate surface area is 195 Å². The Bertz CT molecular complexity index is 420. The minimum absolute atomic E-state index is 0. The van der Waals surface area contributed by atoms with Gasteiger partial charge < -0.3 is 17.0 Å². The minimum atomic E-state index is -1.22. The first-order valence-electron chi connectivity index (χ1n) is 10.8. The topological polar surface area (TPSA) is 86.6 Å². The summed E-state index contributed by atoms with van der Waals surface area (Å²) in [5.74, 6) is -1.51. The van der Waals surface area contributed by atoms with Crippen LogP contribution < -0.4 is 34.9 Å². The predicted octanol–water partition coefficient (Wildman–Crippen LogP) is 2.09. The van der Waals surface area contributed by atoms with Gasteiger partial charge in [0, 0.05) is 6.42 Å². The Morgan fingerprint density at radius 1 is 0.893 bits per heavy atom. The van der Waals surface area contributed by atoms with E-state index < -0.39 is 18.1 Å². The van der Waals surface area contributed by atoms with Gasteiger partial charge in [0.2, 0.25) is 5.91 Å². The van der Waals surface area contributed by atoms with E-state index >= 15 is 0 Å². The zero-order chi connectivity index (χ0) is 20.3. The molecule has 0 saturated carbocycles. The molecule has 6 heteroatoms. The molecule has 1 amide bonds. The summed E-state index contributed by atoms with van der Waals surface area (Å²) in [6.07, 6.45) is 19.4. The van der Waals surface area contributed by atoms with Crippen LogP contribution in [0.5, 0.6) is 0 Å². The number of aliphatic hydroxyl groups is 1. The van der Waals surface area contributed by atoms with Crippen LogP contribution in [0.15, 0.2) is 12.2 Å². The third kappa shape index (κ3) is 19.0. The van der Waals surface area contributed by atoms with Gasteiger partial charge in [0.05, 0.1) is 6.10 Å². The van der Waals surface area contributed by atoms with E-state index in [0.717, 1.165) is 32.1 Å². The van der Waals surface area contributed by atoms with Gasteiger partial charge in [0.1, 0.15) is 0 Å². The number of carboxylic acid groups (broad SMARTS) is 1. The number of nitrogens with one attached hydrogen (secondary N) is 1. The Morgan fingerprint density at radius 3 is 1.82 bits per heavy atom. The second kappa shape index (κ2) is 21.4. The van der Waals surface area contributed by atoms with Crippen LogP contribution in [0.4, 0.5) is 0 Å². The molecule has 0 bridgehead atoms. The van der Waals surface area contributed by atoms with Gasteiger partial charge in [0.15, 0.2) is 6.04 Å². The standard InChI is InChI=1S/C22H41NO4.Na.H/c1-3-4-5-6-7-8-9-10-11-12-13-14-15-16-17-18-20(25)23-21(19(2)24)22(26)27;;/h10-11,19,21,24H,3-9,12-18H2,1-2H3,(H,23,25)(H,26,27);;/q;+1;-1/b11-10-;;/t19-,21+;;/m1../s1. The Kier molecular flexibility index (Phi) is 22.8. The van der Waals surface area contributed by atoms with E-state index in [2.05, 4.69) is 24.4 Å². The Hall–Kier alpha value is -0.360. The summed E-state index contributed by atoms with van der Waals surface area (Å²) in [6.45, 7) is 3.61. The van der Waals surface area contributed by atoms with Crippen molar-refractivity contribution in [2.75, 3.05) is 0 Å². The third-order valence-electron chi connectivity index (χ3n) is 4.73. The van der Waals surface area contributed by atoms with Crippen molar-refractivity contribution in [1.29, 1.82) is 0 Å². The molecule has 2 atom stereocenters. The molecule has 0 aromatic carbocycles. The van der Waals surface area contributed by atoms with Crippen LogP contribution in [0.25, 0.3) is 0 Å². The molecule has 0 aliphatic heterocycles. The van der Waals surface area contributed by atoms with Crippen LogP contribution in [0.1, 0.15) is 105 Å². The molecule has 0 heterocycles. The third-order valence-corrected chi connectivity index (χ3v) is 4.73. The summed E-state index contributed by atoms with van der Waals surface area (Å²) in [5.41, 5.74) is 0. The van der Waals surface area contributed by atoms with E-state index in [0.29, 0.717) is 6.42 Å². The fourth-order valence-corrected chi connectivity index (χ4v) is 2.99. The van der Waals surface area contributed by atoms with E-state index in [9.17, 15) is 14.7 Å². The van der Waals surface area contributed by atoms with Crippen LogP contribution in [0, 0.1) is 0 Å². The van der Waals surface area contributed by atoms with E-state index in [1.165, 1.54) is 58.3 Å². The molecule has 3 N–H and O–H groups in total. The van der Waals surface area contributed by atoms with Crippen molar-refractivity contribution in [2.45, 2.75) is 116 Å². The predicted molar refractivity (Wildman–Crippen MR) is 112 cm³/mol. The number of carbonyl (C=O) groups excluding carboxylic acids is 1. The Morgan fingerprint density at radius 2 is 1.36 bits per heavy atom. The summed E-state index contributed by atoms with van der Waals surface area (Å²) >= 11 is 0. The van der Waals surface area contributed by atoms with Gasteiger partial charge in [-0.1, -0.05) is 70.4 Å². The van der Waals surface area contributed by atoms with Crippen molar-refractivity contribution in [3.8, 4) is 0 Å². The number of aliphatic hydroxyl groups excluding tert-OH is 1. The number of allylic oxidation sites excluding steroid dienone is 2. The van der Waals surface area contributed by atoms with Crippen molar-refractivity contribution in [2.24, 2.45) is 0 Å². The number of carboxylic acids is 1. The molecule has 0 aromatic rings. The van der Waals surface area contributed by atoms with Crippen molar-refractivity contribution >= 4 is 11.9 Å². The molecule has 0 aliphatic rings. The smallest absolute Gasteiger partial charge is 1.00 e. The van der Waals surface area contributed by atoms with Gasteiger partial charge in [-0.25, -0.2) is 4.79 Å². The van der Waals surface area contributed by atoms with Crippen molar-refractivity contribution in [3.63, 3.8) is 0 Å². The first-order valence-corrected chi connectivity index (χ1v) is 10.8. The second-order valence-corrected chi connectivity index (χ2v) is 7.46. The number of amides is 1. The molecule has 0 rings (SSSR count). The molecule has 0 aromatic heterocycles. The average Bonchev–Trinajstić information content (AvgIpc) is 2.62. The molecule has 0 radical (unpaired) electrons. The van der Waals surface area contributed by atoms with Gasteiger partial charge in [-0.15, -0.1) is 0 Å². The van der Waals surface area contributed by atoms with E-state index in [-0.39, 0.29) is 36.9 Å². The number of rotatable bonds is 18. The molecule has 5 nitrogen and oxygen atoms in total. The summed E-state index contributed by atoms with van der Waals surface area (Å²) in [5, 5.41) is 20.6. The normalized spacial score (nSPS) is 13.1. The molecule has 0 spiro atoms. The van der Waals surface area contributed by atoms with Gasteiger partial charge >= 0.3 is 35.5 Å². The van der Waals surface area contributed by atoms with E-state index in [1.54, 1.807) is 0 Å². The van der Waals surface area contributed by atoms with Crippen molar-refractivity contribution in [1.82, 2.24) is 5.32 Å². The SMILES string of the molecule is CCCCCCCC/C=C\CCCCCCCC(=O)N[C@H](C(=O)O)[C@@H](C)O.[H-].[Na+]. The molecule has 160 valence electrons. The maximum Gasteiger partial charge on any atom is 1.00 e. The molecular weight excluding hydrogens is 365 g/mol. The molecule has 0 aliphatic carbocycles. The van der Waals surface area contributed by atoms with Crippen molar-refractivity contribution in [3.05, 3.63) is 12.2 Å².